The van der Waals surface area contributed by atoms with Gasteiger partial charge in [0.1, 0.15) is 0 Å². The number of hydrogen-bond donors (Lipinski definition) is 1. The first-order chi connectivity index (χ1) is 12.3. The molecule has 1 N–H and O–H groups in total. The maximum atomic E-state index is 12.6. The Labute approximate surface area is 150 Å². The lowest BCUT2D eigenvalue weighted by Gasteiger charge is -2.37. The summed E-state index contributed by atoms with van der Waals surface area (Å²) in [5, 5.41) is 3.24. The van der Waals surface area contributed by atoms with Gasteiger partial charge in [0.05, 0.1) is 12.6 Å². The number of carbonyl (C=O) groups is 1. The molecule has 0 saturated heterocycles. The van der Waals surface area contributed by atoms with Gasteiger partial charge in [-0.15, -0.1) is 0 Å². The minimum absolute atomic E-state index is 0.167. The molecule has 2 aromatic carbocycles. The predicted octanol–water partition coefficient (Wildman–Crippen LogP) is 3.69. The Morgan fingerprint density at radius 2 is 1.72 bits per heavy atom. The minimum Gasteiger partial charge on any atom is -0.352 e. The van der Waals surface area contributed by atoms with Crippen LogP contribution in [0.4, 0.5) is 0 Å². The minimum atomic E-state index is 0.167. The zero-order valence-corrected chi connectivity index (χ0v) is 14.7. The first-order valence-corrected chi connectivity index (χ1v) is 9.47. The van der Waals surface area contributed by atoms with E-state index in [1.165, 1.54) is 29.5 Å². The Morgan fingerprint density at radius 3 is 2.52 bits per heavy atom. The zero-order valence-electron chi connectivity index (χ0n) is 14.7. The van der Waals surface area contributed by atoms with Gasteiger partial charge in [0.25, 0.3) is 0 Å². The fraction of sp³-hybridized carbons (Fsp3) is 0.409. The Hall–Kier alpha value is -2.13. The van der Waals surface area contributed by atoms with Gasteiger partial charge in [-0.2, -0.15) is 0 Å². The molecule has 25 heavy (non-hydrogen) atoms. The molecule has 1 atom stereocenters. The van der Waals surface area contributed by atoms with Crippen LogP contribution in [0.15, 0.2) is 54.6 Å². The van der Waals surface area contributed by atoms with E-state index in [1.807, 2.05) is 0 Å². The third kappa shape index (κ3) is 3.62. The standard InChI is InChI=1S/C22H26N2O/c25-21(23-19-11-5-6-12-19)16-24-15-14-17-8-4-7-13-20(17)22(24)18-9-2-1-3-10-18/h1-4,7-10,13,19,22H,5-6,11-12,14-16H2,(H,23,25)/t22-/m0/s1. The van der Waals surface area contributed by atoms with E-state index < -0.39 is 0 Å². The second-order valence-corrected chi connectivity index (χ2v) is 7.28. The lowest BCUT2D eigenvalue weighted by molar-refractivity contribution is -0.123. The molecule has 2 aliphatic rings. The van der Waals surface area contributed by atoms with Crippen molar-refractivity contribution in [2.75, 3.05) is 13.1 Å². The van der Waals surface area contributed by atoms with E-state index >= 15 is 0 Å². The fourth-order valence-electron chi connectivity index (χ4n) is 4.34. The SMILES string of the molecule is O=C(CN1CCc2ccccc2[C@@H]1c1ccccc1)NC1CCCC1. The quantitative estimate of drug-likeness (QED) is 0.925. The van der Waals surface area contributed by atoms with E-state index in [9.17, 15) is 4.79 Å². The average Bonchev–Trinajstić information content (AvgIpc) is 3.15. The molecule has 130 valence electrons. The molecular weight excluding hydrogens is 308 g/mol. The number of hydrogen-bond acceptors (Lipinski definition) is 2. The van der Waals surface area contributed by atoms with Crippen molar-refractivity contribution in [2.45, 2.75) is 44.2 Å². The maximum Gasteiger partial charge on any atom is 0.234 e. The Balaban J connectivity index is 1.56. The molecule has 1 saturated carbocycles. The van der Waals surface area contributed by atoms with Gasteiger partial charge in [-0.05, 0) is 36.0 Å². The van der Waals surface area contributed by atoms with Crippen LogP contribution in [0.1, 0.15) is 48.4 Å². The van der Waals surface area contributed by atoms with E-state index in [1.54, 1.807) is 0 Å². The Kier molecular flexibility index (Phi) is 4.84. The topological polar surface area (TPSA) is 32.3 Å². The second kappa shape index (κ2) is 7.40. The summed E-state index contributed by atoms with van der Waals surface area (Å²) < 4.78 is 0. The highest BCUT2D eigenvalue weighted by molar-refractivity contribution is 5.78. The molecule has 0 spiro atoms. The summed E-state index contributed by atoms with van der Waals surface area (Å²) in [6.07, 6.45) is 5.77. The number of amides is 1. The molecule has 2 aromatic rings. The summed E-state index contributed by atoms with van der Waals surface area (Å²) >= 11 is 0. The van der Waals surface area contributed by atoms with Crippen LogP contribution in [0.2, 0.25) is 0 Å². The zero-order chi connectivity index (χ0) is 17.1. The van der Waals surface area contributed by atoms with Crippen molar-refractivity contribution in [3.05, 3.63) is 71.3 Å². The van der Waals surface area contributed by atoms with Crippen LogP contribution >= 0.6 is 0 Å². The van der Waals surface area contributed by atoms with Crippen LogP contribution in [0.25, 0.3) is 0 Å². The first-order valence-electron chi connectivity index (χ1n) is 9.47. The number of rotatable bonds is 4. The third-order valence-electron chi connectivity index (χ3n) is 5.57. The van der Waals surface area contributed by atoms with Crippen molar-refractivity contribution in [3.63, 3.8) is 0 Å². The van der Waals surface area contributed by atoms with E-state index in [-0.39, 0.29) is 11.9 Å². The summed E-state index contributed by atoms with van der Waals surface area (Å²) in [6, 6.07) is 19.8. The van der Waals surface area contributed by atoms with Crippen LogP contribution in [-0.4, -0.2) is 29.9 Å². The number of benzene rings is 2. The van der Waals surface area contributed by atoms with Crippen molar-refractivity contribution < 1.29 is 4.79 Å². The van der Waals surface area contributed by atoms with Gasteiger partial charge in [0, 0.05) is 12.6 Å². The molecule has 4 rings (SSSR count). The molecule has 1 heterocycles. The first kappa shape index (κ1) is 16.3. The summed E-state index contributed by atoms with van der Waals surface area (Å²) in [7, 11) is 0. The highest BCUT2D eigenvalue weighted by Gasteiger charge is 2.30. The third-order valence-corrected chi connectivity index (χ3v) is 5.57. The van der Waals surface area contributed by atoms with Gasteiger partial charge >= 0.3 is 0 Å². The summed E-state index contributed by atoms with van der Waals surface area (Å²) in [6.45, 7) is 1.40. The molecule has 0 unspecified atom stereocenters. The van der Waals surface area contributed by atoms with Gasteiger partial charge in [-0.1, -0.05) is 67.4 Å². The van der Waals surface area contributed by atoms with Gasteiger partial charge in [0.15, 0.2) is 0 Å². The lowest BCUT2D eigenvalue weighted by atomic mass is 9.88. The lowest BCUT2D eigenvalue weighted by Crippen LogP contribution is -2.45. The van der Waals surface area contributed by atoms with Gasteiger partial charge in [0.2, 0.25) is 5.91 Å². The predicted molar refractivity (Wildman–Crippen MR) is 100 cm³/mol. The molecule has 1 aliphatic carbocycles. The van der Waals surface area contributed by atoms with E-state index in [0.717, 1.165) is 25.8 Å². The van der Waals surface area contributed by atoms with E-state index in [4.69, 9.17) is 0 Å². The monoisotopic (exact) mass is 334 g/mol. The molecule has 1 amide bonds. The number of fused-ring (bicyclic) bond motifs is 1. The largest absolute Gasteiger partial charge is 0.352 e. The van der Waals surface area contributed by atoms with Crippen molar-refractivity contribution in [1.29, 1.82) is 0 Å². The molecule has 3 heteroatoms. The number of nitrogens with one attached hydrogen (secondary N) is 1. The average molecular weight is 334 g/mol. The highest BCUT2D eigenvalue weighted by Crippen LogP contribution is 2.34. The molecule has 0 bridgehead atoms. The van der Waals surface area contributed by atoms with Crippen molar-refractivity contribution in [1.82, 2.24) is 10.2 Å². The summed E-state index contributed by atoms with van der Waals surface area (Å²) in [5.41, 5.74) is 4.01. The highest BCUT2D eigenvalue weighted by atomic mass is 16.2. The molecule has 0 aromatic heterocycles. The van der Waals surface area contributed by atoms with Crippen molar-refractivity contribution >= 4 is 5.91 Å². The van der Waals surface area contributed by atoms with Crippen LogP contribution in [0.5, 0.6) is 0 Å². The Morgan fingerprint density at radius 1 is 1.00 bits per heavy atom. The van der Waals surface area contributed by atoms with Gasteiger partial charge < -0.3 is 5.32 Å². The smallest absolute Gasteiger partial charge is 0.234 e. The van der Waals surface area contributed by atoms with Crippen LogP contribution in [-0.2, 0) is 11.2 Å². The summed E-state index contributed by atoms with van der Waals surface area (Å²) in [5.74, 6) is 0.173. The van der Waals surface area contributed by atoms with Crippen molar-refractivity contribution in [3.8, 4) is 0 Å². The summed E-state index contributed by atoms with van der Waals surface area (Å²) in [4.78, 5) is 14.9. The van der Waals surface area contributed by atoms with Crippen LogP contribution in [0.3, 0.4) is 0 Å². The number of nitrogens with zero attached hydrogens (tertiary/aromatic N) is 1. The van der Waals surface area contributed by atoms with Gasteiger partial charge in [-0.3, -0.25) is 9.69 Å². The maximum absolute atomic E-state index is 12.6. The van der Waals surface area contributed by atoms with Crippen LogP contribution < -0.4 is 5.32 Å². The number of carbonyl (C=O) groups excluding carboxylic acids is 1. The van der Waals surface area contributed by atoms with E-state index in [2.05, 4.69) is 64.8 Å². The second-order valence-electron chi connectivity index (χ2n) is 7.28. The fourth-order valence-corrected chi connectivity index (χ4v) is 4.34. The van der Waals surface area contributed by atoms with Crippen molar-refractivity contribution in [2.24, 2.45) is 0 Å². The van der Waals surface area contributed by atoms with Gasteiger partial charge in [-0.25, -0.2) is 0 Å². The molecule has 1 fully saturated rings. The molecule has 0 radical (unpaired) electrons. The van der Waals surface area contributed by atoms with Crippen LogP contribution in [0, 0.1) is 0 Å². The normalized spacial score (nSPS) is 21.0. The van der Waals surface area contributed by atoms with E-state index in [0.29, 0.717) is 12.6 Å². The molecular formula is C22H26N2O. The molecule has 1 aliphatic heterocycles. The molecule has 3 nitrogen and oxygen atoms in total. The Bertz CT molecular complexity index is 722.